The van der Waals surface area contributed by atoms with Crippen molar-refractivity contribution in [2.45, 2.75) is 81.9 Å². The number of carboxylic acids is 1. The van der Waals surface area contributed by atoms with E-state index in [1.54, 1.807) is 0 Å². The van der Waals surface area contributed by atoms with Gasteiger partial charge in [-0.05, 0) is 88.0 Å². The minimum Gasteiger partial charge on any atom is -0.496 e. The molecule has 4 unspecified atom stereocenters. The largest absolute Gasteiger partial charge is 0.496 e. The normalized spacial score (nSPS) is 37.2. The molecule has 200 valence electrons. The molecular weight excluding hydrogens is 479 g/mol. The van der Waals surface area contributed by atoms with Gasteiger partial charge in [0.2, 0.25) is 5.91 Å². The molecule has 0 aromatic heterocycles. The average molecular weight is 515 g/mol. The zero-order valence-corrected chi connectivity index (χ0v) is 21.1. The van der Waals surface area contributed by atoms with Crippen LogP contribution >= 0.6 is 0 Å². The van der Waals surface area contributed by atoms with Gasteiger partial charge < -0.3 is 25.2 Å². The number of carbonyl (C=O) groups excluding carboxylic acids is 2. The van der Waals surface area contributed by atoms with Crippen molar-refractivity contribution >= 4 is 17.8 Å². The number of amides is 2. The maximum atomic E-state index is 14.9. The van der Waals surface area contributed by atoms with E-state index in [1.165, 1.54) is 13.2 Å². The number of aliphatic carboxylic acids is 1. The zero-order valence-electron chi connectivity index (χ0n) is 21.1. The topological polar surface area (TPSA) is 114 Å². The van der Waals surface area contributed by atoms with Crippen molar-refractivity contribution in [3.8, 4) is 11.5 Å². The lowest BCUT2D eigenvalue weighted by molar-refractivity contribution is -0.143. The van der Waals surface area contributed by atoms with Crippen molar-refractivity contribution < 1.29 is 33.4 Å². The SMILES string of the molecule is COc1cc(F)c(OC2CCC(C(=O)O)CC2)cc1C(=O)NC1C2CCC(C2)C1C(=O)NC12CC(C1)C2. The van der Waals surface area contributed by atoms with Crippen molar-refractivity contribution in [1.29, 1.82) is 0 Å². The van der Waals surface area contributed by atoms with Gasteiger partial charge in [-0.15, -0.1) is 0 Å². The minimum atomic E-state index is -0.815. The summed E-state index contributed by atoms with van der Waals surface area (Å²) in [5.41, 5.74) is 0.160. The van der Waals surface area contributed by atoms with E-state index in [2.05, 4.69) is 10.6 Å². The first-order chi connectivity index (χ1) is 17.7. The molecule has 6 aliphatic carbocycles. The highest BCUT2D eigenvalue weighted by Gasteiger charge is 2.59. The van der Waals surface area contributed by atoms with Gasteiger partial charge in [0.15, 0.2) is 11.6 Å². The predicted octanol–water partition coefficient (Wildman–Crippen LogP) is 3.67. The van der Waals surface area contributed by atoms with Crippen LogP contribution in [-0.2, 0) is 9.59 Å². The molecule has 6 aliphatic rings. The molecule has 6 saturated carbocycles. The third kappa shape index (κ3) is 4.34. The number of carbonyl (C=O) groups is 3. The summed E-state index contributed by atoms with van der Waals surface area (Å²) in [7, 11) is 1.39. The Morgan fingerprint density at radius 3 is 2.32 bits per heavy atom. The van der Waals surface area contributed by atoms with E-state index < -0.39 is 23.6 Å². The van der Waals surface area contributed by atoms with Crippen LogP contribution in [0.5, 0.6) is 11.5 Å². The van der Waals surface area contributed by atoms with Crippen LogP contribution in [0.25, 0.3) is 0 Å². The summed E-state index contributed by atoms with van der Waals surface area (Å²) in [5.74, 6) is -1.08. The lowest BCUT2D eigenvalue weighted by Gasteiger charge is -2.62. The van der Waals surface area contributed by atoms with Gasteiger partial charge in [-0.1, -0.05) is 0 Å². The van der Waals surface area contributed by atoms with E-state index in [0.29, 0.717) is 25.7 Å². The number of ether oxygens (including phenoxy) is 2. The molecule has 0 saturated heterocycles. The zero-order chi connectivity index (χ0) is 25.9. The summed E-state index contributed by atoms with van der Waals surface area (Å²) >= 11 is 0. The molecule has 1 aromatic rings. The molecule has 37 heavy (non-hydrogen) atoms. The van der Waals surface area contributed by atoms with Gasteiger partial charge >= 0.3 is 5.97 Å². The average Bonchev–Trinajstić information content (AvgIpc) is 3.43. The van der Waals surface area contributed by atoms with Crippen LogP contribution < -0.4 is 20.1 Å². The fourth-order valence-corrected chi connectivity index (χ4v) is 7.66. The molecule has 4 atom stereocenters. The lowest BCUT2D eigenvalue weighted by atomic mass is 9.50. The molecule has 8 nitrogen and oxygen atoms in total. The van der Waals surface area contributed by atoms with Gasteiger partial charge in [-0.2, -0.15) is 0 Å². The molecular formula is C28H35FN2O6. The Balaban J connectivity index is 1.16. The number of halogens is 1. The first-order valence-corrected chi connectivity index (χ1v) is 13.6. The number of hydrogen-bond donors (Lipinski definition) is 3. The summed E-state index contributed by atoms with van der Waals surface area (Å²) in [6.45, 7) is 0. The molecule has 6 fully saturated rings. The Kier molecular flexibility index (Phi) is 6.07. The van der Waals surface area contributed by atoms with E-state index >= 15 is 0 Å². The fraction of sp³-hybridized carbons (Fsp3) is 0.679. The number of hydrogen-bond acceptors (Lipinski definition) is 5. The molecule has 3 N–H and O–H groups in total. The molecule has 0 radical (unpaired) electrons. The van der Waals surface area contributed by atoms with Crippen molar-refractivity contribution in [3.63, 3.8) is 0 Å². The smallest absolute Gasteiger partial charge is 0.306 e. The number of carboxylic acid groups (broad SMARTS) is 1. The van der Waals surface area contributed by atoms with Crippen LogP contribution in [0.2, 0.25) is 0 Å². The van der Waals surface area contributed by atoms with Gasteiger partial charge in [0.25, 0.3) is 5.91 Å². The van der Waals surface area contributed by atoms with Crippen LogP contribution in [0.4, 0.5) is 4.39 Å². The third-order valence-corrected chi connectivity index (χ3v) is 9.76. The molecule has 0 spiro atoms. The Morgan fingerprint density at radius 2 is 1.70 bits per heavy atom. The Labute approximate surface area is 215 Å². The third-order valence-electron chi connectivity index (χ3n) is 9.76. The van der Waals surface area contributed by atoms with E-state index in [0.717, 1.165) is 50.5 Å². The molecule has 1 aromatic carbocycles. The van der Waals surface area contributed by atoms with Crippen LogP contribution in [0, 0.1) is 35.4 Å². The molecule has 9 heteroatoms. The first kappa shape index (κ1) is 24.5. The standard InChI is InChI=1S/C28H35FN2O6/c1-36-21-10-20(29)22(37-18-6-4-15(5-7-18)27(34)35)9-19(21)25(32)30-24-17-3-2-16(8-17)23(24)26(33)31-28-11-14(12-28)13-28/h9-10,14-18,23-24H,2-8,11-13H2,1H3,(H,30,32)(H,31,33)(H,34,35). The van der Waals surface area contributed by atoms with Crippen LogP contribution in [0.3, 0.4) is 0 Å². The highest BCUT2D eigenvalue weighted by Crippen LogP contribution is 2.57. The monoisotopic (exact) mass is 514 g/mol. The Hall–Kier alpha value is -2.84. The van der Waals surface area contributed by atoms with Gasteiger partial charge in [0.1, 0.15) is 5.75 Å². The number of benzene rings is 1. The number of rotatable bonds is 8. The first-order valence-electron chi connectivity index (χ1n) is 13.6. The van der Waals surface area contributed by atoms with E-state index in [-0.39, 0.29) is 58.4 Å². The maximum absolute atomic E-state index is 14.9. The molecule has 7 rings (SSSR count). The Morgan fingerprint density at radius 1 is 1.00 bits per heavy atom. The summed E-state index contributed by atoms with van der Waals surface area (Å²) in [5, 5.41) is 15.6. The van der Waals surface area contributed by atoms with Gasteiger partial charge in [-0.3, -0.25) is 14.4 Å². The lowest BCUT2D eigenvalue weighted by Crippen LogP contribution is -2.69. The summed E-state index contributed by atoms with van der Waals surface area (Å²) in [6, 6.07) is 2.27. The van der Waals surface area contributed by atoms with Crippen LogP contribution in [0.15, 0.2) is 12.1 Å². The van der Waals surface area contributed by atoms with Crippen molar-refractivity contribution in [1.82, 2.24) is 10.6 Å². The highest BCUT2D eigenvalue weighted by atomic mass is 19.1. The van der Waals surface area contributed by atoms with Crippen molar-refractivity contribution in [2.24, 2.45) is 29.6 Å². The van der Waals surface area contributed by atoms with Crippen molar-refractivity contribution in [2.75, 3.05) is 7.11 Å². The second-order valence-electron chi connectivity index (χ2n) is 12.0. The molecule has 2 amide bonds. The molecule has 4 bridgehead atoms. The van der Waals surface area contributed by atoms with E-state index in [4.69, 9.17) is 9.47 Å². The van der Waals surface area contributed by atoms with Crippen molar-refractivity contribution in [3.05, 3.63) is 23.5 Å². The molecule has 0 heterocycles. The second-order valence-corrected chi connectivity index (χ2v) is 12.0. The molecule has 0 aliphatic heterocycles. The number of nitrogens with one attached hydrogen (secondary N) is 2. The van der Waals surface area contributed by atoms with E-state index in [1.807, 2.05) is 0 Å². The van der Waals surface area contributed by atoms with Gasteiger partial charge in [-0.25, -0.2) is 4.39 Å². The highest BCUT2D eigenvalue weighted by molar-refractivity contribution is 5.98. The Bertz CT molecular complexity index is 1100. The number of methoxy groups -OCH3 is 1. The number of fused-ring (bicyclic) bond motifs is 2. The fourth-order valence-electron chi connectivity index (χ4n) is 7.66. The second kappa shape index (κ2) is 9.17. The summed E-state index contributed by atoms with van der Waals surface area (Å²) < 4.78 is 26.1. The van der Waals surface area contributed by atoms with Gasteiger partial charge in [0, 0.05) is 17.6 Å². The van der Waals surface area contributed by atoms with Crippen LogP contribution in [0.1, 0.15) is 74.6 Å². The predicted molar refractivity (Wildman–Crippen MR) is 131 cm³/mol. The minimum absolute atomic E-state index is 0.00579. The summed E-state index contributed by atoms with van der Waals surface area (Å²) in [4.78, 5) is 38.0. The summed E-state index contributed by atoms with van der Waals surface area (Å²) in [6.07, 6.45) is 7.80. The van der Waals surface area contributed by atoms with Gasteiger partial charge in [0.05, 0.1) is 30.6 Å². The van der Waals surface area contributed by atoms with E-state index in [9.17, 15) is 23.9 Å². The quantitative estimate of drug-likeness (QED) is 0.488. The maximum Gasteiger partial charge on any atom is 0.306 e. The van der Waals surface area contributed by atoms with Crippen LogP contribution in [-0.4, -0.2) is 47.7 Å².